The van der Waals surface area contributed by atoms with E-state index in [0.717, 1.165) is 12.1 Å². The quantitative estimate of drug-likeness (QED) is 0.229. The van der Waals surface area contributed by atoms with Crippen molar-refractivity contribution in [2.45, 2.75) is 10.3 Å². The fourth-order valence-corrected chi connectivity index (χ4v) is 5.24. The van der Waals surface area contributed by atoms with Gasteiger partial charge in [-0.15, -0.1) is 23.2 Å². The Bertz CT molecular complexity index is 1340. The van der Waals surface area contributed by atoms with E-state index in [2.05, 4.69) is 10.6 Å². The monoisotopic (exact) mass is 596 g/mol. The highest BCUT2D eigenvalue weighted by Crippen LogP contribution is 2.65. The van der Waals surface area contributed by atoms with Crippen LogP contribution in [0.15, 0.2) is 48.5 Å². The van der Waals surface area contributed by atoms with Crippen LogP contribution in [-0.4, -0.2) is 16.1 Å². The van der Waals surface area contributed by atoms with Gasteiger partial charge in [-0.1, -0.05) is 46.4 Å². The highest BCUT2D eigenvalue weighted by atomic mass is 35.5. The first-order chi connectivity index (χ1) is 16.4. The van der Waals surface area contributed by atoms with E-state index < -0.39 is 39.6 Å². The van der Waals surface area contributed by atoms with Crippen LogP contribution in [0.2, 0.25) is 20.1 Å². The number of carbonyl (C=O) groups is 2. The van der Waals surface area contributed by atoms with Crippen LogP contribution in [0.5, 0.6) is 0 Å². The topological polar surface area (TPSA) is 58.2 Å². The number of hydrogen-bond donors (Lipinski definition) is 2. The second-order valence-electron chi connectivity index (χ2n) is 7.69. The van der Waals surface area contributed by atoms with E-state index in [1.165, 1.54) is 30.3 Å². The molecule has 1 fully saturated rings. The van der Waals surface area contributed by atoms with Crippen LogP contribution >= 0.6 is 69.6 Å². The molecule has 0 aliphatic heterocycles. The van der Waals surface area contributed by atoms with Gasteiger partial charge in [-0.2, -0.15) is 0 Å². The summed E-state index contributed by atoms with van der Waals surface area (Å²) >= 11 is 37.0. The van der Waals surface area contributed by atoms with E-state index in [1.54, 1.807) is 0 Å². The number of hydrogen-bond acceptors (Lipinski definition) is 2. The van der Waals surface area contributed by atoms with Gasteiger partial charge in [0.1, 0.15) is 16.0 Å². The zero-order chi connectivity index (χ0) is 25.7. The Morgan fingerprint density at radius 3 is 2.11 bits per heavy atom. The third-order valence-electron chi connectivity index (χ3n) is 5.36. The third-order valence-corrected chi connectivity index (χ3v) is 7.83. The van der Waals surface area contributed by atoms with E-state index in [9.17, 15) is 18.4 Å². The number of halogens is 8. The van der Waals surface area contributed by atoms with Gasteiger partial charge in [0.2, 0.25) is 5.91 Å². The van der Waals surface area contributed by atoms with Crippen LogP contribution in [0.4, 0.5) is 20.2 Å². The maximum atomic E-state index is 13.9. The lowest BCUT2D eigenvalue weighted by Crippen LogP contribution is -2.18. The first-order valence-electron chi connectivity index (χ1n) is 9.79. The summed E-state index contributed by atoms with van der Waals surface area (Å²) in [5.74, 6) is -4.52. The summed E-state index contributed by atoms with van der Waals surface area (Å²) in [5, 5.41) is 5.55. The summed E-state index contributed by atoms with van der Waals surface area (Å²) in [6.07, 6.45) is 0. The minimum absolute atomic E-state index is 0.0433. The fraction of sp³-hybridized carbons (Fsp3) is 0.130. The van der Waals surface area contributed by atoms with Crippen molar-refractivity contribution < 1.29 is 18.4 Å². The minimum atomic E-state index is -1.43. The van der Waals surface area contributed by atoms with Crippen molar-refractivity contribution >= 4 is 92.8 Å². The van der Waals surface area contributed by atoms with Crippen molar-refractivity contribution in [3.05, 3.63) is 91.4 Å². The van der Waals surface area contributed by atoms with Crippen LogP contribution in [0.3, 0.4) is 0 Å². The molecule has 35 heavy (non-hydrogen) atoms. The average Bonchev–Trinajstić information content (AvgIpc) is 3.37. The molecule has 0 heterocycles. The number of anilines is 2. The first-order valence-corrected chi connectivity index (χ1v) is 12.1. The molecular weight excluding hydrogens is 587 g/mol. The Labute approximate surface area is 228 Å². The fourth-order valence-electron chi connectivity index (χ4n) is 3.60. The third kappa shape index (κ3) is 5.33. The molecule has 0 radical (unpaired) electrons. The summed E-state index contributed by atoms with van der Waals surface area (Å²) in [6.45, 7) is 0. The van der Waals surface area contributed by atoms with E-state index in [-0.39, 0.29) is 37.0 Å². The van der Waals surface area contributed by atoms with Gasteiger partial charge in [-0.25, -0.2) is 8.78 Å². The van der Waals surface area contributed by atoms with Crippen molar-refractivity contribution in [3.63, 3.8) is 0 Å². The number of rotatable bonds is 5. The van der Waals surface area contributed by atoms with Crippen LogP contribution in [0, 0.1) is 17.6 Å². The SMILES string of the molecule is O=C(Nc1ccc(F)cc1F)c1cc(NC(=O)[C@H]2[C@H](c3cc(Cl)c(Cl)c(Cl)c3)C2(Cl)Cl)ccc1Cl. The molecule has 1 aliphatic carbocycles. The first kappa shape index (κ1) is 26.3. The molecule has 3 aromatic rings. The van der Waals surface area contributed by atoms with Gasteiger partial charge >= 0.3 is 0 Å². The lowest BCUT2D eigenvalue weighted by molar-refractivity contribution is -0.117. The van der Waals surface area contributed by atoms with E-state index in [0.29, 0.717) is 11.6 Å². The molecule has 182 valence electrons. The maximum Gasteiger partial charge on any atom is 0.257 e. The number of amides is 2. The van der Waals surface area contributed by atoms with Crippen molar-refractivity contribution in [2.24, 2.45) is 5.92 Å². The van der Waals surface area contributed by atoms with Gasteiger partial charge in [-0.05, 0) is 48.0 Å². The van der Waals surface area contributed by atoms with E-state index in [4.69, 9.17) is 69.6 Å². The second-order valence-corrected chi connectivity index (χ2v) is 10.7. The van der Waals surface area contributed by atoms with Gasteiger partial charge < -0.3 is 10.6 Å². The molecule has 0 spiro atoms. The number of benzene rings is 3. The van der Waals surface area contributed by atoms with Gasteiger partial charge in [0.05, 0.1) is 37.3 Å². The molecule has 0 unspecified atom stereocenters. The second kappa shape index (κ2) is 9.92. The lowest BCUT2D eigenvalue weighted by atomic mass is 10.1. The van der Waals surface area contributed by atoms with E-state index >= 15 is 0 Å². The molecule has 12 heteroatoms. The summed E-state index contributed by atoms with van der Waals surface area (Å²) in [7, 11) is 0. The maximum absolute atomic E-state index is 13.9. The van der Waals surface area contributed by atoms with Crippen LogP contribution in [-0.2, 0) is 4.79 Å². The predicted octanol–water partition coefficient (Wildman–Crippen LogP) is 8.36. The van der Waals surface area contributed by atoms with Gasteiger partial charge in [-0.3, -0.25) is 9.59 Å². The minimum Gasteiger partial charge on any atom is -0.326 e. The van der Waals surface area contributed by atoms with Crippen LogP contribution < -0.4 is 10.6 Å². The summed E-state index contributed by atoms with van der Waals surface area (Å²) < 4.78 is 25.6. The Morgan fingerprint density at radius 2 is 1.49 bits per heavy atom. The normalized spacial score (nSPS) is 18.2. The van der Waals surface area contributed by atoms with Crippen LogP contribution in [0.1, 0.15) is 21.8 Å². The number of alkyl halides is 2. The van der Waals surface area contributed by atoms with E-state index in [1.807, 2.05) is 0 Å². The molecule has 2 N–H and O–H groups in total. The Morgan fingerprint density at radius 1 is 0.829 bits per heavy atom. The van der Waals surface area contributed by atoms with Crippen molar-refractivity contribution in [3.8, 4) is 0 Å². The molecule has 2 amide bonds. The lowest BCUT2D eigenvalue weighted by Gasteiger charge is -2.11. The molecule has 2 atom stereocenters. The van der Waals surface area contributed by atoms with Crippen LogP contribution in [0.25, 0.3) is 0 Å². The molecule has 1 saturated carbocycles. The summed E-state index contributed by atoms with van der Waals surface area (Å²) in [4.78, 5) is 25.6. The van der Waals surface area contributed by atoms with Gasteiger partial charge in [0.15, 0.2) is 0 Å². The largest absolute Gasteiger partial charge is 0.326 e. The van der Waals surface area contributed by atoms with Crippen molar-refractivity contribution in [1.82, 2.24) is 0 Å². The smallest absolute Gasteiger partial charge is 0.257 e. The molecule has 3 aromatic carbocycles. The van der Waals surface area contributed by atoms with Gasteiger partial charge in [0, 0.05) is 17.7 Å². The Balaban J connectivity index is 1.52. The number of nitrogens with one attached hydrogen (secondary N) is 2. The highest BCUT2D eigenvalue weighted by Gasteiger charge is 2.67. The summed E-state index contributed by atoms with van der Waals surface area (Å²) in [5.41, 5.74) is 0.454. The average molecular weight is 599 g/mol. The molecule has 4 nitrogen and oxygen atoms in total. The molecule has 1 aliphatic rings. The van der Waals surface area contributed by atoms with Crippen molar-refractivity contribution in [1.29, 1.82) is 0 Å². The standard InChI is InChI=1S/C23H12Cl6F2N2O2/c24-13-3-2-11(8-12(13)21(34)33-17-4-1-10(30)7-16(17)31)32-22(35)19-18(23(19,28)29)9-5-14(25)20(27)15(26)6-9/h1-8,18-19H,(H,32,35)(H,33,34)/t18-,19+/m0/s1. The summed E-state index contributed by atoms with van der Waals surface area (Å²) in [6, 6.07) is 9.91. The van der Waals surface area contributed by atoms with Gasteiger partial charge in [0.25, 0.3) is 5.91 Å². The molecule has 4 rings (SSSR count). The highest BCUT2D eigenvalue weighted by molar-refractivity contribution is 6.54. The molecule has 0 saturated heterocycles. The molecule has 0 bridgehead atoms. The van der Waals surface area contributed by atoms with Crippen molar-refractivity contribution in [2.75, 3.05) is 10.6 Å². The molecular formula is C23H12Cl6F2N2O2. The predicted molar refractivity (Wildman–Crippen MR) is 137 cm³/mol. The zero-order valence-electron chi connectivity index (χ0n) is 17.1. The molecule has 0 aromatic heterocycles. The Hall–Kier alpha value is -1.80. The number of carbonyl (C=O) groups excluding carboxylic acids is 2. The zero-order valence-corrected chi connectivity index (χ0v) is 21.6. The Kier molecular flexibility index (Phi) is 7.45.